The molecule has 2 aliphatic heterocycles. The van der Waals surface area contributed by atoms with E-state index in [0.717, 1.165) is 10.5 Å². The Kier molecular flexibility index (Phi) is 4.60. The Morgan fingerprint density at radius 2 is 1.79 bits per heavy atom. The van der Waals surface area contributed by atoms with Crippen LogP contribution in [0, 0.1) is 0 Å². The van der Waals surface area contributed by atoms with E-state index < -0.39 is 29.7 Å². The lowest BCUT2D eigenvalue weighted by Crippen LogP contribution is -2.54. The van der Waals surface area contributed by atoms with Crippen molar-refractivity contribution in [2.45, 2.75) is 25.5 Å². The van der Waals surface area contributed by atoms with E-state index in [1.165, 1.54) is 6.07 Å². The van der Waals surface area contributed by atoms with Gasteiger partial charge in [-0.15, -0.1) is 0 Å². The summed E-state index contributed by atoms with van der Waals surface area (Å²) in [4.78, 5) is 50.1. The van der Waals surface area contributed by atoms with Crippen LogP contribution in [0.1, 0.15) is 39.1 Å². The Hall–Kier alpha value is -3.19. The van der Waals surface area contributed by atoms with Gasteiger partial charge in [-0.2, -0.15) is 0 Å². The largest absolute Gasteiger partial charge is 0.488 e. The standard InChI is InChI=1S/C20H15ClN2O5/c21-12-6-4-11(5-7-12)10-28-15-3-1-2-13-17(15)20(27)23(19(13)26)14-8-9-16(24)22-18(14)25/h1-7,14H,8-10H2,(H,22,24,25). The van der Waals surface area contributed by atoms with Gasteiger partial charge in [0.05, 0.1) is 11.1 Å². The van der Waals surface area contributed by atoms with Crippen molar-refractivity contribution in [2.24, 2.45) is 0 Å². The molecule has 2 aromatic rings. The summed E-state index contributed by atoms with van der Waals surface area (Å²) in [5.74, 6) is -1.95. The van der Waals surface area contributed by atoms with Crippen molar-refractivity contribution in [1.82, 2.24) is 10.2 Å². The number of piperidine rings is 1. The molecule has 28 heavy (non-hydrogen) atoms. The van der Waals surface area contributed by atoms with Crippen LogP contribution in [0.2, 0.25) is 5.02 Å². The summed E-state index contributed by atoms with van der Waals surface area (Å²) in [5.41, 5.74) is 1.16. The number of imide groups is 2. The van der Waals surface area contributed by atoms with Crippen LogP contribution in [-0.4, -0.2) is 34.6 Å². The monoisotopic (exact) mass is 398 g/mol. The Bertz CT molecular complexity index is 1000. The molecule has 1 fully saturated rings. The molecule has 0 aromatic heterocycles. The van der Waals surface area contributed by atoms with Gasteiger partial charge in [-0.3, -0.25) is 29.4 Å². The lowest BCUT2D eigenvalue weighted by Gasteiger charge is -2.27. The number of benzene rings is 2. The van der Waals surface area contributed by atoms with Crippen molar-refractivity contribution in [2.75, 3.05) is 0 Å². The molecule has 4 amide bonds. The molecular weight excluding hydrogens is 384 g/mol. The van der Waals surface area contributed by atoms with E-state index in [0.29, 0.717) is 5.02 Å². The molecule has 1 saturated heterocycles. The maximum absolute atomic E-state index is 13.0. The van der Waals surface area contributed by atoms with Crippen molar-refractivity contribution >= 4 is 35.2 Å². The molecule has 1 atom stereocenters. The molecule has 2 heterocycles. The van der Waals surface area contributed by atoms with Crippen LogP contribution in [0.4, 0.5) is 0 Å². The second-order valence-corrected chi connectivity index (χ2v) is 6.98. The molecule has 0 bridgehead atoms. The van der Waals surface area contributed by atoms with E-state index in [-0.39, 0.29) is 36.3 Å². The van der Waals surface area contributed by atoms with E-state index in [4.69, 9.17) is 16.3 Å². The molecule has 2 aromatic carbocycles. The van der Waals surface area contributed by atoms with Crippen LogP contribution in [0.15, 0.2) is 42.5 Å². The van der Waals surface area contributed by atoms with E-state index in [2.05, 4.69) is 5.32 Å². The third-order valence-electron chi connectivity index (χ3n) is 4.74. The minimum absolute atomic E-state index is 0.0732. The minimum atomic E-state index is -1.01. The Balaban J connectivity index is 1.59. The lowest BCUT2D eigenvalue weighted by molar-refractivity contribution is -0.136. The van der Waals surface area contributed by atoms with Gasteiger partial charge >= 0.3 is 0 Å². The van der Waals surface area contributed by atoms with Crippen LogP contribution >= 0.6 is 11.6 Å². The van der Waals surface area contributed by atoms with Gasteiger partial charge in [0.25, 0.3) is 11.8 Å². The number of amides is 4. The highest BCUT2D eigenvalue weighted by molar-refractivity contribution is 6.30. The molecule has 0 radical (unpaired) electrons. The zero-order chi connectivity index (χ0) is 19.8. The number of nitrogens with zero attached hydrogens (tertiary/aromatic N) is 1. The first-order chi connectivity index (χ1) is 13.5. The fourth-order valence-electron chi connectivity index (χ4n) is 3.35. The first-order valence-electron chi connectivity index (χ1n) is 8.67. The molecule has 1 N–H and O–H groups in total. The zero-order valence-electron chi connectivity index (χ0n) is 14.6. The quantitative estimate of drug-likeness (QED) is 0.798. The number of halogens is 1. The summed E-state index contributed by atoms with van der Waals surface area (Å²) >= 11 is 5.87. The zero-order valence-corrected chi connectivity index (χ0v) is 15.4. The number of carbonyl (C=O) groups excluding carboxylic acids is 4. The summed E-state index contributed by atoms with van der Waals surface area (Å²) in [6.45, 7) is 0.188. The number of hydrogen-bond acceptors (Lipinski definition) is 5. The summed E-state index contributed by atoms with van der Waals surface area (Å²) < 4.78 is 5.78. The first kappa shape index (κ1) is 18.2. The molecular formula is C20H15ClN2O5. The average Bonchev–Trinajstić information content (AvgIpc) is 2.93. The van der Waals surface area contributed by atoms with E-state index in [9.17, 15) is 19.2 Å². The minimum Gasteiger partial charge on any atom is -0.488 e. The molecule has 0 spiro atoms. The maximum atomic E-state index is 13.0. The first-order valence-corrected chi connectivity index (χ1v) is 9.05. The number of nitrogens with one attached hydrogen (secondary N) is 1. The van der Waals surface area contributed by atoms with Crippen molar-refractivity contribution in [3.8, 4) is 5.75 Å². The lowest BCUT2D eigenvalue weighted by atomic mass is 10.0. The summed E-state index contributed by atoms with van der Waals surface area (Å²) in [7, 11) is 0. The topological polar surface area (TPSA) is 92.8 Å². The van der Waals surface area contributed by atoms with Crippen molar-refractivity contribution in [3.63, 3.8) is 0 Å². The van der Waals surface area contributed by atoms with Crippen LogP contribution in [-0.2, 0) is 16.2 Å². The van der Waals surface area contributed by atoms with Gasteiger partial charge in [0.1, 0.15) is 18.4 Å². The van der Waals surface area contributed by atoms with Gasteiger partial charge in [0.15, 0.2) is 0 Å². The summed E-state index contributed by atoms with van der Waals surface area (Å²) in [6, 6.07) is 10.8. The van der Waals surface area contributed by atoms with Crippen molar-refractivity contribution in [3.05, 3.63) is 64.2 Å². The van der Waals surface area contributed by atoms with Gasteiger partial charge in [0.2, 0.25) is 11.8 Å². The molecule has 142 valence electrons. The Labute approximate surface area is 165 Å². The number of carbonyl (C=O) groups is 4. The van der Waals surface area contributed by atoms with Gasteiger partial charge in [-0.05, 0) is 36.2 Å². The Morgan fingerprint density at radius 3 is 2.50 bits per heavy atom. The van der Waals surface area contributed by atoms with E-state index >= 15 is 0 Å². The SMILES string of the molecule is O=C1CCC(N2C(=O)c3cccc(OCc4ccc(Cl)cc4)c3C2=O)C(=O)N1. The van der Waals surface area contributed by atoms with Gasteiger partial charge in [-0.25, -0.2) is 0 Å². The number of rotatable bonds is 4. The smallest absolute Gasteiger partial charge is 0.266 e. The molecule has 1 unspecified atom stereocenters. The number of hydrogen-bond donors (Lipinski definition) is 1. The highest BCUT2D eigenvalue weighted by atomic mass is 35.5. The fraction of sp³-hybridized carbons (Fsp3) is 0.200. The average molecular weight is 399 g/mol. The van der Waals surface area contributed by atoms with E-state index in [1.807, 2.05) is 0 Å². The second-order valence-electron chi connectivity index (χ2n) is 6.54. The predicted octanol–water partition coefficient (Wildman–Crippen LogP) is 2.32. The highest BCUT2D eigenvalue weighted by Gasteiger charge is 2.45. The van der Waals surface area contributed by atoms with Gasteiger partial charge in [0, 0.05) is 11.4 Å². The third kappa shape index (κ3) is 3.14. The van der Waals surface area contributed by atoms with Crippen LogP contribution in [0.3, 0.4) is 0 Å². The molecule has 2 aliphatic rings. The van der Waals surface area contributed by atoms with Crippen LogP contribution < -0.4 is 10.1 Å². The normalized spacial score (nSPS) is 18.9. The number of fused-ring (bicyclic) bond motifs is 1. The second kappa shape index (κ2) is 7.09. The van der Waals surface area contributed by atoms with Gasteiger partial charge in [-0.1, -0.05) is 29.8 Å². The number of ether oxygens (including phenoxy) is 1. The maximum Gasteiger partial charge on any atom is 0.266 e. The molecule has 8 heteroatoms. The van der Waals surface area contributed by atoms with Crippen LogP contribution in [0.5, 0.6) is 5.75 Å². The molecule has 4 rings (SSSR count). The van der Waals surface area contributed by atoms with Crippen molar-refractivity contribution < 1.29 is 23.9 Å². The summed E-state index contributed by atoms with van der Waals surface area (Å²) in [5, 5.41) is 2.78. The third-order valence-corrected chi connectivity index (χ3v) is 4.99. The highest BCUT2D eigenvalue weighted by Crippen LogP contribution is 2.34. The van der Waals surface area contributed by atoms with Gasteiger partial charge < -0.3 is 4.74 Å². The molecule has 0 saturated carbocycles. The van der Waals surface area contributed by atoms with Crippen molar-refractivity contribution in [1.29, 1.82) is 0 Å². The summed E-state index contributed by atoms with van der Waals surface area (Å²) in [6.07, 6.45) is 0.181. The molecule has 7 nitrogen and oxygen atoms in total. The van der Waals surface area contributed by atoms with E-state index in [1.54, 1.807) is 36.4 Å². The Morgan fingerprint density at radius 1 is 1.04 bits per heavy atom. The fourth-order valence-corrected chi connectivity index (χ4v) is 3.47. The van der Waals surface area contributed by atoms with Crippen LogP contribution in [0.25, 0.3) is 0 Å². The predicted molar refractivity (Wildman–Crippen MR) is 98.9 cm³/mol. The molecule has 0 aliphatic carbocycles.